The molecule has 0 aliphatic heterocycles. The Morgan fingerprint density at radius 2 is 1.81 bits per heavy atom. The maximum absolute atomic E-state index is 11.8. The lowest BCUT2D eigenvalue weighted by Crippen LogP contribution is -2.43. The summed E-state index contributed by atoms with van der Waals surface area (Å²) in [5.41, 5.74) is 4.51. The molecule has 1 rings (SSSR count). The molecule has 0 heterocycles. The molecule has 0 saturated carbocycles. The summed E-state index contributed by atoms with van der Waals surface area (Å²) in [6.07, 6.45) is 0. The lowest BCUT2D eigenvalue weighted by molar-refractivity contribution is -0.246. The minimum Gasteiger partial charge on any atom is -0.293 e. The van der Waals surface area contributed by atoms with Crippen LogP contribution >= 0.6 is 0 Å². The van der Waals surface area contributed by atoms with Gasteiger partial charge in [-0.05, 0) is 24.1 Å². The van der Waals surface area contributed by atoms with E-state index in [1.807, 2.05) is 37.4 Å². The quantitative estimate of drug-likeness (QED) is 0.418. The Labute approximate surface area is 128 Å². The summed E-state index contributed by atoms with van der Waals surface area (Å²) < 4.78 is 0. The van der Waals surface area contributed by atoms with E-state index in [2.05, 4.69) is 20.1 Å². The monoisotopic (exact) mass is 304 g/mol. The third-order valence-electron chi connectivity index (χ3n) is 3.51. The Balaban J connectivity index is 2.80. The molecule has 1 aromatic carbocycles. The molecule has 0 fully saturated rings. The second-order valence-corrected chi connectivity index (χ2v) is 9.61. The molecule has 0 amide bonds. The Morgan fingerprint density at radius 1 is 1.24 bits per heavy atom. The van der Waals surface area contributed by atoms with Gasteiger partial charge in [-0.2, -0.15) is 4.89 Å². The predicted octanol–water partition coefficient (Wildman–Crippen LogP) is 3.56. The third-order valence-corrected chi connectivity index (χ3v) is 7.54. The van der Waals surface area contributed by atoms with Gasteiger partial charge in [0.25, 0.3) is 0 Å². The van der Waals surface area contributed by atoms with Crippen LogP contribution < -0.4 is 5.19 Å². The van der Waals surface area contributed by atoms with E-state index in [1.54, 1.807) is 12.1 Å². The van der Waals surface area contributed by atoms with Crippen LogP contribution in [0, 0.1) is 5.92 Å². The van der Waals surface area contributed by atoms with Crippen molar-refractivity contribution in [3.05, 3.63) is 54.4 Å². The highest BCUT2D eigenvalue weighted by atomic mass is 28.3. The summed E-state index contributed by atoms with van der Waals surface area (Å²) in [5.74, 6) is -0.153. The molecule has 0 saturated heterocycles. The summed E-state index contributed by atoms with van der Waals surface area (Å²) in [6.45, 7) is 14.4. The van der Waals surface area contributed by atoms with Gasteiger partial charge in [-0.15, -0.1) is 13.2 Å². The molecule has 0 spiro atoms. The molecule has 0 aromatic heterocycles. The highest BCUT2D eigenvalue weighted by Crippen LogP contribution is 2.13. The van der Waals surface area contributed by atoms with E-state index in [0.29, 0.717) is 18.1 Å². The highest BCUT2D eigenvalue weighted by Gasteiger charge is 2.26. The lowest BCUT2D eigenvalue weighted by Gasteiger charge is -2.23. The SMILES string of the molecule is C=C[Si](C=C)(CC)c1ccc(C(=O)OOCC(C)C)cc1. The number of hydrogen-bond acceptors (Lipinski definition) is 3. The molecule has 0 unspecified atom stereocenters. The second-order valence-electron chi connectivity index (χ2n) is 5.43. The first-order chi connectivity index (χ1) is 9.99. The van der Waals surface area contributed by atoms with Gasteiger partial charge in [0.15, 0.2) is 0 Å². The van der Waals surface area contributed by atoms with Crippen molar-refractivity contribution in [3.8, 4) is 0 Å². The topological polar surface area (TPSA) is 35.5 Å². The molecule has 0 radical (unpaired) electrons. The number of carbonyl (C=O) groups is 1. The lowest BCUT2D eigenvalue weighted by atomic mass is 10.2. The zero-order chi connectivity index (χ0) is 15.9. The second kappa shape index (κ2) is 7.95. The van der Waals surface area contributed by atoms with E-state index in [4.69, 9.17) is 9.78 Å². The molecular weight excluding hydrogens is 280 g/mol. The molecule has 0 atom stereocenters. The zero-order valence-electron chi connectivity index (χ0n) is 13.1. The van der Waals surface area contributed by atoms with Crippen molar-refractivity contribution in [2.45, 2.75) is 26.8 Å². The van der Waals surface area contributed by atoms with E-state index >= 15 is 0 Å². The van der Waals surface area contributed by atoms with Crippen molar-refractivity contribution in [2.75, 3.05) is 6.61 Å². The molecule has 21 heavy (non-hydrogen) atoms. The van der Waals surface area contributed by atoms with Gasteiger partial charge in [0.2, 0.25) is 0 Å². The minimum atomic E-state index is -1.85. The molecule has 1 aromatic rings. The molecule has 114 valence electrons. The van der Waals surface area contributed by atoms with Gasteiger partial charge < -0.3 is 0 Å². The van der Waals surface area contributed by atoms with Crippen LogP contribution in [0.3, 0.4) is 0 Å². The van der Waals surface area contributed by atoms with Crippen LogP contribution in [-0.4, -0.2) is 20.7 Å². The maximum Gasteiger partial charge on any atom is 0.373 e. The standard InChI is InChI=1S/C17H24O3Si/c1-6-21(7-2,8-3)16-11-9-15(10-12-16)17(18)20-19-13-14(4)5/h6-7,9-12,14H,1-2,8,13H2,3-5H3. The first-order valence-corrected chi connectivity index (χ1v) is 9.56. The smallest absolute Gasteiger partial charge is 0.293 e. The number of benzene rings is 1. The van der Waals surface area contributed by atoms with Crippen LogP contribution in [0.1, 0.15) is 31.1 Å². The Hall–Kier alpha value is -1.65. The maximum atomic E-state index is 11.8. The van der Waals surface area contributed by atoms with E-state index in [-0.39, 0.29) is 0 Å². The van der Waals surface area contributed by atoms with Crippen LogP contribution in [-0.2, 0) is 9.78 Å². The number of hydrogen-bond donors (Lipinski definition) is 0. The fourth-order valence-corrected chi connectivity index (χ4v) is 4.41. The molecular formula is C17H24O3Si. The van der Waals surface area contributed by atoms with Crippen molar-refractivity contribution in [2.24, 2.45) is 5.92 Å². The summed E-state index contributed by atoms with van der Waals surface area (Å²) in [7, 11) is -1.85. The Bertz CT molecular complexity index is 483. The molecule has 3 nitrogen and oxygen atoms in total. The summed E-state index contributed by atoms with van der Waals surface area (Å²) in [6, 6.07) is 8.44. The summed E-state index contributed by atoms with van der Waals surface area (Å²) in [4.78, 5) is 21.5. The van der Waals surface area contributed by atoms with E-state index < -0.39 is 14.0 Å². The van der Waals surface area contributed by atoms with Gasteiger partial charge in [0, 0.05) is 0 Å². The Morgan fingerprint density at radius 3 is 2.24 bits per heavy atom. The first kappa shape index (κ1) is 17.4. The van der Waals surface area contributed by atoms with Crippen molar-refractivity contribution in [1.82, 2.24) is 0 Å². The van der Waals surface area contributed by atoms with Gasteiger partial charge in [-0.3, -0.25) is 4.89 Å². The molecule has 0 bridgehead atoms. The minimum absolute atomic E-state index is 0.316. The van der Waals surface area contributed by atoms with Gasteiger partial charge in [0.1, 0.15) is 8.07 Å². The van der Waals surface area contributed by atoms with Crippen LogP contribution in [0.4, 0.5) is 0 Å². The van der Waals surface area contributed by atoms with Crippen LogP contribution in [0.5, 0.6) is 0 Å². The third kappa shape index (κ3) is 4.41. The van der Waals surface area contributed by atoms with Gasteiger partial charge in [0.05, 0.1) is 12.2 Å². The van der Waals surface area contributed by atoms with Gasteiger partial charge in [-0.1, -0.05) is 49.5 Å². The molecule has 0 N–H and O–H groups in total. The van der Waals surface area contributed by atoms with E-state index in [9.17, 15) is 4.79 Å². The van der Waals surface area contributed by atoms with E-state index in [1.165, 1.54) is 5.19 Å². The molecule has 0 aliphatic rings. The summed E-state index contributed by atoms with van der Waals surface area (Å²) in [5, 5.41) is 1.19. The van der Waals surface area contributed by atoms with Crippen LogP contribution in [0.2, 0.25) is 6.04 Å². The van der Waals surface area contributed by atoms with Crippen molar-refractivity contribution in [1.29, 1.82) is 0 Å². The first-order valence-electron chi connectivity index (χ1n) is 7.20. The van der Waals surface area contributed by atoms with Crippen molar-refractivity contribution in [3.63, 3.8) is 0 Å². The largest absolute Gasteiger partial charge is 0.373 e. The number of rotatable bonds is 8. The molecule has 4 heteroatoms. The average molecular weight is 304 g/mol. The normalized spacial score (nSPS) is 11.2. The van der Waals surface area contributed by atoms with E-state index in [0.717, 1.165) is 6.04 Å². The zero-order valence-corrected chi connectivity index (χ0v) is 14.1. The molecule has 0 aliphatic carbocycles. The average Bonchev–Trinajstić information content (AvgIpc) is 2.50. The fraction of sp³-hybridized carbons (Fsp3) is 0.353. The van der Waals surface area contributed by atoms with Crippen molar-refractivity contribution >= 4 is 19.2 Å². The Kier molecular flexibility index (Phi) is 6.59. The fourth-order valence-electron chi connectivity index (χ4n) is 2.00. The van der Waals surface area contributed by atoms with Crippen molar-refractivity contribution < 1.29 is 14.6 Å². The van der Waals surface area contributed by atoms with Gasteiger partial charge >= 0.3 is 5.97 Å². The van der Waals surface area contributed by atoms with Crippen LogP contribution in [0.15, 0.2) is 48.8 Å². The van der Waals surface area contributed by atoms with Gasteiger partial charge in [-0.25, -0.2) is 4.79 Å². The predicted molar refractivity (Wildman–Crippen MR) is 88.9 cm³/mol. The number of carbonyl (C=O) groups excluding carboxylic acids is 1. The highest BCUT2D eigenvalue weighted by molar-refractivity contribution is 6.99. The van der Waals surface area contributed by atoms with Crippen LogP contribution in [0.25, 0.3) is 0 Å². The summed E-state index contributed by atoms with van der Waals surface area (Å²) >= 11 is 0.